The Labute approximate surface area is 87.3 Å². The van der Waals surface area contributed by atoms with Crippen LogP contribution in [0.4, 0.5) is 0 Å². The highest BCUT2D eigenvalue weighted by atomic mass is 16.4. The number of rotatable bonds is 3. The Morgan fingerprint density at radius 2 is 2.00 bits per heavy atom. The fraction of sp³-hybridized carbons (Fsp3) is 0.0833. The molecule has 0 spiro atoms. The van der Waals surface area contributed by atoms with E-state index in [2.05, 4.69) is 6.58 Å². The zero-order chi connectivity index (χ0) is 10.7. The van der Waals surface area contributed by atoms with E-state index in [0.29, 0.717) is 12.2 Å². The Morgan fingerprint density at radius 1 is 1.27 bits per heavy atom. The summed E-state index contributed by atoms with van der Waals surface area (Å²) in [6.07, 6.45) is 4.34. The number of nitrogens with zero attached hydrogens (tertiary/aromatic N) is 1. The van der Waals surface area contributed by atoms with Crippen molar-refractivity contribution < 1.29 is 4.42 Å². The molecule has 0 saturated heterocycles. The summed E-state index contributed by atoms with van der Waals surface area (Å²) < 4.78 is 6.91. The molecule has 3 nitrogen and oxygen atoms in total. The third-order valence-corrected chi connectivity index (χ3v) is 2.09. The van der Waals surface area contributed by atoms with Crippen LogP contribution >= 0.6 is 0 Å². The van der Waals surface area contributed by atoms with Crippen LogP contribution in [0.15, 0.2) is 58.5 Å². The summed E-state index contributed by atoms with van der Waals surface area (Å²) in [5, 5.41) is 0. The fourth-order valence-electron chi connectivity index (χ4n) is 1.36. The van der Waals surface area contributed by atoms with Crippen molar-refractivity contribution in [2.75, 3.05) is 0 Å². The minimum atomic E-state index is -0.326. The molecule has 0 aliphatic heterocycles. The van der Waals surface area contributed by atoms with Crippen LogP contribution in [0.25, 0.3) is 5.70 Å². The number of hydrogen-bond acceptors (Lipinski definition) is 2. The lowest BCUT2D eigenvalue weighted by Gasteiger charge is -2.05. The van der Waals surface area contributed by atoms with Gasteiger partial charge in [0.1, 0.15) is 5.76 Å². The van der Waals surface area contributed by atoms with Crippen molar-refractivity contribution in [1.82, 2.24) is 4.57 Å². The summed E-state index contributed by atoms with van der Waals surface area (Å²) in [5.41, 5.74) is 0.544. The zero-order valence-electron chi connectivity index (χ0n) is 8.22. The fourth-order valence-corrected chi connectivity index (χ4v) is 1.36. The Bertz CT molecular complexity index is 508. The van der Waals surface area contributed by atoms with Crippen molar-refractivity contribution in [3.8, 4) is 0 Å². The normalized spacial score (nSPS) is 10.1. The number of allylic oxidation sites excluding steroid dienone is 1. The van der Waals surface area contributed by atoms with Gasteiger partial charge in [-0.3, -0.25) is 0 Å². The highest BCUT2D eigenvalue weighted by Crippen LogP contribution is 2.09. The predicted molar refractivity (Wildman–Crippen MR) is 58.4 cm³/mol. The Balaban J connectivity index is 2.16. The molecule has 0 saturated carbocycles. The third kappa shape index (κ3) is 2.26. The zero-order valence-corrected chi connectivity index (χ0v) is 8.22. The van der Waals surface area contributed by atoms with Crippen molar-refractivity contribution in [2.24, 2.45) is 0 Å². The second kappa shape index (κ2) is 4.00. The molecule has 0 N–H and O–H groups in total. The van der Waals surface area contributed by atoms with E-state index >= 15 is 0 Å². The van der Waals surface area contributed by atoms with Crippen LogP contribution < -0.4 is 5.63 Å². The molecule has 2 rings (SSSR count). The van der Waals surface area contributed by atoms with Gasteiger partial charge in [-0.15, -0.1) is 0 Å². The van der Waals surface area contributed by atoms with Gasteiger partial charge in [0.05, 0.1) is 0 Å². The minimum Gasteiger partial charge on any atom is -0.427 e. The Kier molecular flexibility index (Phi) is 2.54. The lowest BCUT2D eigenvalue weighted by Crippen LogP contribution is -2.01. The van der Waals surface area contributed by atoms with Crippen molar-refractivity contribution in [3.05, 3.63) is 65.5 Å². The van der Waals surface area contributed by atoms with Crippen LogP contribution in [0.3, 0.4) is 0 Å². The van der Waals surface area contributed by atoms with E-state index in [1.807, 2.05) is 29.1 Å². The van der Waals surface area contributed by atoms with Gasteiger partial charge >= 0.3 is 5.63 Å². The van der Waals surface area contributed by atoms with Crippen molar-refractivity contribution in [3.63, 3.8) is 0 Å². The van der Waals surface area contributed by atoms with Crippen LogP contribution in [0, 0.1) is 0 Å². The second-order valence-electron chi connectivity index (χ2n) is 3.25. The maximum atomic E-state index is 11.0. The average molecular weight is 201 g/mol. The SMILES string of the molecule is C=C(Cc1cccc(=O)o1)n1cccc1. The molecular weight excluding hydrogens is 190 g/mol. The van der Waals surface area contributed by atoms with Crippen molar-refractivity contribution in [2.45, 2.75) is 6.42 Å². The molecule has 2 aromatic heterocycles. The third-order valence-electron chi connectivity index (χ3n) is 2.09. The van der Waals surface area contributed by atoms with E-state index in [0.717, 1.165) is 5.70 Å². The van der Waals surface area contributed by atoms with Gasteiger partial charge in [-0.05, 0) is 18.2 Å². The first-order chi connectivity index (χ1) is 7.25. The van der Waals surface area contributed by atoms with E-state index < -0.39 is 0 Å². The maximum Gasteiger partial charge on any atom is 0.335 e. The van der Waals surface area contributed by atoms with Gasteiger partial charge in [-0.2, -0.15) is 0 Å². The molecule has 0 atom stereocenters. The maximum absolute atomic E-state index is 11.0. The summed E-state index contributed by atoms with van der Waals surface area (Å²) in [6, 6.07) is 8.70. The first-order valence-corrected chi connectivity index (χ1v) is 4.66. The molecule has 0 bridgehead atoms. The molecule has 0 radical (unpaired) electrons. The molecule has 0 unspecified atom stereocenters. The first-order valence-electron chi connectivity index (χ1n) is 4.66. The monoisotopic (exact) mass is 201 g/mol. The highest BCUT2D eigenvalue weighted by molar-refractivity contribution is 5.44. The first kappa shape index (κ1) is 9.52. The number of hydrogen-bond donors (Lipinski definition) is 0. The van der Waals surface area contributed by atoms with E-state index in [9.17, 15) is 4.79 Å². The standard InChI is InChI=1S/C12H11NO2/c1-10(13-7-2-3-8-13)9-11-5-4-6-12(14)15-11/h2-8H,1,9H2. The molecule has 15 heavy (non-hydrogen) atoms. The van der Waals surface area contributed by atoms with E-state index in [1.54, 1.807) is 12.1 Å². The number of aromatic nitrogens is 1. The van der Waals surface area contributed by atoms with Gasteiger partial charge in [-0.1, -0.05) is 12.6 Å². The van der Waals surface area contributed by atoms with Crippen LogP contribution in [-0.2, 0) is 6.42 Å². The van der Waals surface area contributed by atoms with Gasteiger partial charge in [0, 0.05) is 30.6 Å². The van der Waals surface area contributed by atoms with Crippen molar-refractivity contribution >= 4 is 5.70 Å². The van der Waals surface area contributed by atoms with Crippen molar-refractivity contribution in [1.29, 1.82) is 0 Å². The molecule has 0 amide bonds. The van der Waals surface area contributed by atoms with Crippen LogP contribution in [0.5, 0.6) is 0 Å². The summed E-state index contributed by atoms with van der Waals surface area (Å²) in [5.74, 6) is 0.626. The van der Waals surface area contributed by atoms with Crippen LogP contribution in [0.2, 0.25) is 0 Å². The summed E-state index contributed by atoms with van der Waals surface area (Å²) in [4.78, 5) is 11.0. The smallest absolute Gasteiger partial charge is 0.335 e. The van der Waals surface area contributed by atoms with Gasteiger partial charge in [-0.25, -0.2) is 4.79 Å². The summed E-state index contributed by atoms with van der Waals surface area (Å²) >= 11 is 0. The second-order valence-corrected chi connectivity index (χ2v) is 3.25. The van der Waals surface area contributed by atoms with Crippen LogP contribution in [-0.4, -0.2) is 4.57 Å². The lowest BCUT2D eigenvalue weighted by molar-refractivity contribution is 0.470. The van der Waals surface area contributed by atoms with E-state index in [4.69, 9.17) is 4.42 Å². The molecule has 0 aliphatic carbocycles. The molecule has 2 heterocycles. The molecule has 0 aliphatic rings. The van der Waals surface area contributed by atoms with E-state index in [1.165, 1.54) is 6.07 Å². The molecule has 0 fully saturated rings. The Hall–Kier alpha value is -2.03. The summed E-state index contributed by atoms with van der Waals surface area (Å²) in [6.45, 7) is 3.92. The van der Waals surface area contributed by atoms with E-state index in [-0.39, 0.29) is 5.63 Å². The quantitative estimate of drug-likeness (QED) is 0.762. The molecule has 0 aromatic carbocycles. The summed E-state index contributed by atoms with van der Waals surface area (Å²) in [7, 11) is 0. The van der Waals surface area contributed by atoms with Gasteiger partial charge in [0.15, 0.2) is 0 Å². The van der Waals surface area contributed by atoms with Gasteiger partial charge in [0.25, 0.3) is 0 Å². The largest absolute Gasteiger partial charge is 0.427 e. The lowest BCUT2D eigenvalue weighted by atomic mass is 10.2. The Morgan fingerprint density at radius 3 is 2.67 bits per heavy atom. The molecular formula is C12H11NO2. The molecule has 2 aromatic rings. The highest BCUT2D eigenvalue weighted by Gasteiger charge is 2.01. The average Bonchev–Trinajstić information content (AvgIpc) is 2.70. The van der Waals surface area contributed by atoms with Crippen LogP contribution in [0.1, 0.15) is 5.76 Å². The van der Waals surface area contributed by atoms with Gasteiger partial charge in [0.2, 0.25) is 0 Å². The van der Waals surface area contributed by atoms with Gasteiger partial charge < -0.3 is 8.98 Å². The minimum absolute atomic E-state index is 0.326. The predicted octanol–water partition coefficient (Wildman–Crippen LogP) is 2.15. The topological polar surface area (TPSA) is 35.1 Å². The molecule has 3 heteroatoms. The molecule has 76 valence electrons.